The summed E-state index contributed by atoms with van der Waals surface area (Å²) in [6.07, 6.45) is 3.03. The smallest absolute Gasteiger partial charge is 0.00690 e. The zero-order chi connectivity index (χ0) is 6.41. The molecule has 0 aliphatic heterocycles. The third-order valence-corrected chi connectivity index (χ3v) is 6.91. The predicted octanol–water partition coefficient (Wildman–Crippen LogP) is -0.347. The van der Waals surface area contributed by atoms with Crippen molar-refractivity contribution in [3.63, 3.8) is 0 Å². The Hall–Kier alpha value is 0.434. The van der Waals surface area contributed by atoms with E-state index in [4.69, 9.17) is 0 Å². The van der Waals surface area contributed by atoms with Gasteiger partial charge in [0, 0.05) is 20.5 Å². The van der Waals surface area contributed by atoms with Crippen LogP contribution in [0, 0.1) is 5.41 Å². The van der Waals surface area contributed by atoms with E-state index < -0.39 is 0 Å². The molecule has 1 aliphatic carbocycles. The molecule has 0 nitrogen and oxygen atoms in total. The van der Waals surface area contributed by atoms with Gasteiger partial charge in [-0.25, -0.2) is 0 Å². The molecule has 0 aromatic carbocycles. The van der Waals surface area contributed by atoms with Crippen LogP contribution in [0.25, 0.3) is 0 Å². The molecular formula is C6H16Si2. The predicted molar refractivity (Wildman–Crippen MR) is 45.6 cm³/mol. The van der Waals surface area contributed by atoms with Crippen molar-refractivity contribution in [2.45, 2.75) is 31.4 Å². The lowest BCUT2D eigenvalue weighted by Gasteiger charge is -2.52. The normalized spacial score (nSPS) is 44.2. The molecule has 1 aliphatic rings. The van der Waals surface area contributed by atoms with Crippen LogP contribution in [0.15, 0.2) is 0 Å². The second-order valence-corrected chi connectivity index (χ2v) is 10.7. The second-order valence-electron chi connectivity index (χ2n) is 4.27. The molecule has 0 radical (unpaired) electrons. The van der Waals surface area contributed by atoms with Gasteiger partial charge in [-0.3, -0.25) is 0 Å². The summed E-state index contributed by atoms with van der Waals surface area (Å²) in [5.74, 6) is 0. The fourth-order valence-corrected chi connectivity index (χ4v) is 2.12. The molecule has 0 spiro atoms. The minimum Gasteiger partial charge on any atom is -0.0600 e. The van der Waals surface area contributed by atoms with Crippen LogP contribution in [0.4, 0.5) is 0 Å². The van der Waals surface area contributed by atoms with E-state index in [1.54, 1.807) is 6.42 Å². The molecule has 1 rings (SSSR count). The first kappa shape index (κ1) is 6.55. The molecule has 0 bridgehead atoms. The lowest BCUT2D eigenvalue weighted by molar-refractivity contribution is 0.159. The molecule has 0 atom stereocenters. The monoisotopic (exact) mass is 144 g/mol. The van der Waals surface area contributed by atoms with Gasteiger partial charge in [0.2, 0.25) is 0 Å². The van der Waals surface area contributed by atoms with Crippen LogP contribution in [0.5, 0.6) is 0 Å². The summed E-state index contributed by atoms with van der Waals surface area (Å²) in [5, 5.41) is 0. The van der Waals surface area contributed by atoms with E-state index in [9.17, 15) is 0 Å². The highest BCUT2D eigenvalue weighted by Crippen LogP contribution is 2.57. The van der Waals surface area contributed by atoms with Crippen LogP contribution in [-0.2, 0) is 0 Å². The molecule has 0 aromatic rings. The van der Waals surface area contributed by atoms with Crippen LogP contribution < -0.4 is 0 Å². The Kier molecular flexibility index (Phi) is 1.21. The van der Waals surface area contributed by atoms with E-state index in [0.29, 0.717) is 0 Å². The molecule has 8 heavy (non-hydrogen) atoms. The summed E-state index contributed by atoms with van der Waals surface area (Å²) in [4.78, 5) is 0. The summed E-state index contributed by atoms with van der Waals surface area (Å²) in [6, 6.07) is 0. The number of hydrogen-bond donors (Lipinski definition) is 0. The third-order valence-electron chi connectivity index (χ3n) is 3.21. The largest absolute Gasteiger partial charge is 0.0600 e. The molecular weight excluding hydrogens is 128 g/mol. The first-order valence-electron chi connectivity index (χ1n) is 3.46. The van der Waals surface area contributed by atoms with Gasteiger partial charge in [0.1, 0.15) is 0 Å². The first-order chi connectivity index (χ1) is 3.46. The van der Waals surface area contributed by atoms with Crippen molar-refractivity contribution in [2.24, 2.45) is 5.41 Å². The molecule has 1 fully saturated rings. The van der Waals surface area contributed by atoms with Gasteiger partial charge in [0.15, 0.2) is 0 Å². The molecule has 48 valence electrons. The second kappa shape index (κ2) is 1.48. The lowest BCUT2D eigenvalue weighted by Crippen LogP contribution is -2.41. The first-order valence-corrected chi connectivity index (χ1v) is 5.46. The van der Waals surface area contributed by atoms with Gasteiger partial charge in [-0.05, 0) is 11.8 Å². The van der Waals surface area contributed by atoms with E-state index in [0.717, 1.165) is 10.1 Å². The van der Waals surface area contributed by atoms with Crippen molar-refractivity contribution in [3.8, 4) is 0 Å². The van der Waals surface area contributed by atoms with Crippen molar-refractivity contribution in [1.82, 2.24) is 0 Å². The maximum atomic E-state index is 2.43. The molecule has 1 saturated carbocycles. The van der Waals surface area contributed by atoms with Gasteiger partial charge in [-0.15, -0.1) is 0 Å². The Labute approximate surface area is 57.9 Å². The topological polar surface area (TPSA) is 0 Å². The molecule has 0 saturated heterocycles. The van der Waals surface area contributed by atoms with Crippen molar-refractivity contribution in [1.29, 1.82) is 0 Å². The fourth-order valence-electron chi connectivity index (χ4n) is 1.12. The Morgan fingerprint density at radius 2 is 1.50 bits per heavy atom. The van der Waals surface area contributed by atoms with Gasteiger partial charge >= 0.3 is 0 Å². The Bertz CT molecular complexity index is 91.1. The standard InChI is InChI=1S/C6H16Si2/c1-5(2)3-4-6(5,7)8/h3-4H2,1-2,7-8H3. The molecule has 0 unspecified atom stereocenters. The fraction of sp³-hybridized carbons (Fsp3) is 1.00. The third kappa shape index (κ3) is 0.703. The van der Waals surface area contributed by atoms with E-state index in [1.807, 2.05) is 0 Å². The molecule has 0 amide bonds. The average Bonchev–Trinajstić information content (AvgIpc) is 1.64. The van der Waals surface area contributed by atoms with Gasteiger partial charge in [-0.2, -0.15) is 0 Å². The van der Waals surface area contributed by atoms with Crippen LogP contribution in [0.1, 0.15) is 26.7 Å². The molecule has 0 aromatic heterocycles. The average molecular weight is 144 g/mol. The molecule has 0 N–H and O–H groups in total. The summed E-state index contributed by atoms with van der Waals surface area (Å²) >= 11 is 0. The van der Waals surface area contributed by atoms with Gasteiger partial charge < -0.3 is 0 Å². The van der Waals surface area contributed by atoms with E-state index >= 15 is 0 Å². The van der Waals surface area contributed by atoms with E-state index in [2.05, 4.69) is 13.8 Å². The van der Waals surface area contributed by atoms with Gasteiger partial charge in [0.25, 0.3) is 0 Å². The minimum absolute atomic E-state index is 0.742. The van der Waals surface area contributed by atoms with Crippen molar-refractivity contribution < 1.29 is 0 Å². The SMILES string of the molecule is CC1(C)CCC1([SiH3])[SiH3]. The highest BCUT2D eigenvalue weighted by atomic mass is 28.2. The van der Waals surface area contributed by atoms with Crippen molar-refractivity contribution in [3.05, 3.63) is 0 Å². The van der Waals surface area contributed by atoms with E-state index in [1.165, 1.54) is 26.9 Å². The number of hydrogen-bond acceptors (Lipinski definition) is 0. The lowest BCUT2D eigenvalue weighted by atomic mass is 9.70. The van der Waals surface area contributed by atoms with Crippen molar-refractivity contribution >= 4 is 20.5 Å². The highest BCUT2D eigenvalue weighted by molar-refractivity contribution is 6.41. The Morgan fingerprint density at radius 1 is 1.12 bits per heavy atom. The van der Waals surface area contributed by atoms with E-state index in [-0.39, 0.29) is 0 Å². The Balaban J connectivity index is 2.63. The maximum absolute atomic E-state index is 2.43. The number of rotatable bonds is 0. The van der Waals surface area contributed by atoms with Crippen LogP contribution in [0.2, 0.25) is 4.66 Å². The van der Waals surface area contributed by atoms with Crippen LogP contribution in [0.3, 0.4) is 0 Å². The quantitative estimate of drug-likeness (QED) is 0.408. The minimum atomic E-state index is 0.742. The summed E-state index contributed by atoms with van der Waals surface area (Å²) < 4.78 is 0.896. The summed E-state index contributed by atoms with van der Waals surface area (Å²) in [7, 11) is 2.87. The van der Waals surface area contributed by atoms with Crippen LogP contribution in [-0.4, -0.2) is 20.5 Å². The van der Waals surface area contributed by atoms with Gasteiger partial charge in [0.05, 0.1) is 0 Å². The highest BCUT2D eigenvalue weighted by Gasteiger charge is 2.44. The maximum Gasteiger partial charge on any atom is 0.00690 e. The summed E-state index contributed by atoms with van der Waals surface area (Å²) in [5.41, 5.74) is 0.742. The molecule has 0 heterocycles. The van der Waals surface area contributed by atoms with Crippen molar-refractivity contribution in [2.75, 3.05) is 0 Å². The Morgan fingerprint density at radius 3 is 1.50 bits per heavy atom. The zero-order valence-electron chi connectivity index (χ0n) is 6.41. The zero-order valence-corrected chi connectivity index (χ0v) is 10.4. The van der Waals surface area contributed by atoms with Gasteiger partial charge in [-0.1, -0.05) is 24.9 Å². The van der Waals surface area contributed by atoms with Crippen LogP contribution >= 0.6 is 0 Å². The molecule has 2 heteroatoms. The summed E-state index contributed by atoms with van der Waals surface area (Å²) in [6.45, 7) is 4.85.